The second kappa shape index (κ2) is 8.64. The maximum Gasteiger partial charge on any atom is 0.218 e. The smallest absolute Gasteiger partial charge is 0.218 e. The number of aromatic nitrogens is 1. The van der Waals surface area contributed by atoms with Crippen molar-refractivity contribution in [3.8, 4) is 5.88 Å². The summed E-state index contributed by atoms with van der Waals surface area (Å²) in [5.41, 5.74) is 0.763. The summed E-state index contributed by atoms with van der Waals surface area (Å²) in [5.74, 6) is 0.736. The van der Waals surface area contributed by atoms with Crippen LogP contribution in [-0.4, -0.2) is 18.1 Å². The Balaban J connectivity index is 2.55. The van der Waals surface area contributed by atoms with E-state index in [-0.39, 0.29) is 5.82 Å². The van der Waals surface area contributed by atoms with Crippen molar-refractivity contribution >= 4 is 0 Å². The zero-order valence-corrected chi connectivity index (χ0v) is 11.8. The Hall–Kier alpha value is -1.42. The number of hydrogen-bond acceptors (Lipinski definition) is 3. The van der Waals surface area contributed by atoms with Gasteiger partial charge in [-0.1, -0.05) is 19.9 Å². The second-order valence-electron chi connectivity index (χ2n) is 4.92. The highest BCUT2D eigenvalue weighted by Crippen LogP contribution is 2.16. The average Bonchev–Trinajstić information content (AvgIpc) is 2.36. The molecule has 0 saturated carbocycles. The normalized spacial score (nSPS) is 10.7. The first kappa shape index (κ1) is 15.6. The van der Waals surface area contributed by atoms with Crippen LogP contribution in [0.25, 0.3) is 0 Å². The van der Waals surface area contributed by atoms with Crippen LogP contribution in [0.15, 0.2) is 24.9 Å². The van der Waals surface area contributed by atoms with Crippen LogP contribution in [0.1, 0.15) is 32.3 Å². The minimum atomic E-state index is -0.334. The van der Waals surface area contributed by atoms with Crippen molar-refractivity contribution in [2.75, 3.05) is 13.2 Å². The van der Waals surface area contributed by atoms with Gasteiger partial charge in [0.15, 0.2) is 0 Å². The van der Waals surface area contributed by atoms with E-state index < -0.39 is 0 Å². The van der Waals surface area contributed by atoms with Crippen molar-refractivity contribution in [2.24, 2.45) is 5.92 Å². The monoisotopic (exact) mass is 266 g/mol. The van der Waals surface area contributed by atoms with Crippen LogP contribution in [0.3, 0.4) is 0 Å². The molecule has 0 aliphatic carbocycles. The second-order valence-corrected chi connectivity index (χ2v) is 4.92. The molecular weight excluding hydrogens is 243 g/mol. The molecule has 0 unspecified atom stereocenters. The molecule has 1 heterocycles. The number of halogens is 1. The molecule has 0 fully saturated rings. The predicted molar refractivity (Wildman–Crippen MR) is 75.7 cm³/mol. The van der Waals surface area contributed by atoms with E-state index in [1.165, 1.54) is 12.3 Å². The van der Waals surface area contributed by atoms with Gasteiger partial charge in [-0.05, 0) is 31.4 Å². The van der Waals surface area contributed by atoms with E-state index in [0.29, 0.717) is 24.9 Å². The molecule has 1 N–H and O–H groups in total. The highest BCUT2D eigenvalue weighted by molar-refractivity contribution is 5.26. The van der Waals surface area contributed by atoms with Crippen molar-refractivity contribution in [3.63, 3.8) is 0 Å². The lowest BCUT2D eigenvalue weighted by Crippen LogP contribution is -2.20. The summed E-state index contributed by atoms with van der Waals surface area (Å²) < 4.78 is 18.8. The molecule has 1 aromatic rings. The molecule has 0 aliphatic heterocycles. The zero-order valence-electron chi connectivity index (χ0n) is 11.8. The molecule has 106 valence electrons. The third-order valence-corrected chi connectivity index (χ3v) is 2.55. The van der Waals surface area contributed by atoms with E-state index in [0.717, 1.165) is 24.9 Å². The van der Waals surface area contributed by atoms with Gasteiger partial charge in [0.05, 0.1) is 12.8 Å². The van der Waals surface area contributed by atoms with Crippen molar-refractivity contribution in [3.05, 3.63) is 36.3 Å². The van der Waals surface area contributed by atoms with Gasteiger partial charge in [-0.25, -0.2) is 9.37 Å². The van der Waals surface area contributed by atoms with E-state index >= 15 is 0 Å². The molecule has 0 spiro atoms. The van der Waals surface area contributed by atoms with Gasteiger partial charge in [0, 0.05) is 12.1 Å². The fraction of sp³-hybridized carbons (Fsp3) is 0.533. The summed E-state index contributed by atoms with van der Waals surface area (Å²) >= 11 is 0. The van der Waals surface area contributed by atoms with Crippen LogP contribution in [0, 0.1) is 11.7 Å². The van der Waals surface area contributed by atoms with Gasteiger partial charge in [-0.2, -0.15) is 0 Å². The SMILES string of the molecule is C=CCCCOc1ncc(F)cc1CNCC(C)C. The van der Waals surface area contributed by atoms with Gasteiger partial charge >= 0.3 is 0 Å². The number of nitrogens with one attached hydrogen (secondary N) is 1. The van der Waals surface area contributed by atoms with Crippen molar-refractivity contribution in [2.45, 2.75) is 33.2 Å². The van der Waals surface area contributed by atoms with Gasteiger partial charge in [0.1, 0.15) is 5.82 Å². The van der Waals surface area contributed by atoms with E-state index in [1.54, 1.807) is 0 Å². The number of pyridine rings is 1. The minimum absolute atomic E-state index is 0.334. The Morgan fingerprint density at radius 1 is 1.53 bits per heavy atom. The van der Waals surface area contributed by atoms with Crippen molar-refractivity contribution in [1.82, 2.24) is 10.3 Å². The molecule has 3 nitrogen and oxygen atoms in total. The first-order valence-corrected chi connectivity index (χ1v) is 6.72. The molecule has 0 radical (unpaired) electrons. The van der Waals surface area contributed by atoms with Crippen molar-refractivity contribution < 1.29 is 9.13 Å². The third-order valence-electron chi connectivity index (χ3n) is 2.55. The predicted octanol–water partition coefficient (Wildman–Crippen LogP) is 3.31. The Labute approximate surface area is 114 Å². The van der Waals surface area contributed by atoms with E-state index in [1.807, 2.05) is 6.08 Å². The molecule has 4 heteroatoms. The fourth-order valence-electron chi connectivity index (χ4n) is 1.62. The summed E-state index contributed by atoms with van der Waals surface area (Å²) in [6.07, 6.45) is 4.84. The lowest BCUT2D eigenvalue weighted by atomic mass is 10.2. The Morgan fingerprint density at radius 2 is 2.32 bits per heavy atom. The minimum Gasteiger partial charge on any atom is -0.477 e. The van der Waals surface area contributed by atoms with E-state index in [9.17, 15) is 4.39 Å². The summed E-state index contributed by atoms with van der Waals surface area (Å²) in [6.45, 7) is 9.94. The molecule has 0 atom stereocenters. The fourth-order valence-corrected chi connectivity index (χ4v) is 1.62. The van der Waals surface area contributed by atoms with Gasteiger partial charge < -0.3 is 10.1 Å². The van der Waals surface area contributed by atoms with E-state index in [2.05, 4.69) is 30.7 Å². The molecule has 0 aliphatic rings. The van der Waals surface area contributed by atoms with Crippen LogP contribution in [-0.2, 0) is 6.54 Å². The summed E-state index contributed by atoms with van der Waals surface area (Å²) in [6, 6.07) is 1.48. The van der Waals surface area contributed by atoms with Crippen LogP contribution in [0.4, 0.5) is 4.39 Å². The molecule has 0 saturated heterocycles. The van der Waals surface area contributed by atoms with Gasteiger partial charge in [-0.15, -0.1) is 6.58 Å². The quantitative estimate of drug-likeness (QED) is 0.550. The van der Waals surface area contributed by atoms with Gasteiger partial charge in [0.25, 0.3) is 0 Å². The van der Waals surface area contributed by atoms with Crippen LogP contribution >= 0.6 is 0 Å². The standard InChI is InChI=1S/C15H23FN2O/c1-4-5-6-7-19-15-13(8-14(16)11-18-15)10-17-9-12(2)3/h4,8,11-12,17H,1,5-7,9-10H2,2-3H3. The lowest BCUT2D eigenvalue weighted by Gasteiger charge is -2.12. The van der Waals surface area contributed by atoms with Gasteiger partial charge in [-0.3, -0.25) is 0 Å². The number of hydrogen-bond donors (Lipinski definition) is 1. The molecule has 0 amide bonds. The maximum absolute atomic E-state index is 13.2. The highest BCUT2D eigenvalue weighted by atomic mass is 19.1. The van der Waals surface area contributed by atoms with Crippen LogP contribution in [0.2, 0.25) is 0 Å². The Morgan fingerprint density at radius 3 is 3.00 bits per heavy atom. The van der Waals surface area contributed by atoms with Crippen LogP contribution in [0.5, 0.6) is 5.88 Å². The summed E-state index contributed by atoms with van der Waals surface area (Å²) in [7, 11) is 0. The number of rotatable bonds is 9. The maximum atomic E-state index is 13.2. The summed E-state index contributed by atoms with van der Waals surface area (Å²) in [4.78, 5) is 4.01. The first-order chi connectivity index (χ1) is 9.13. The van der Waals surface area contributed by atoms with Gasteiger partial charge in [0.2, 0.25) is 5.88 Å². The number of ether oxygens (including phenoxy) is 1. The zero-order chi connectivity index (χ0) is 14.1. The molecule has 1 rings (SSSR count). The highest BCUT2D eigenvalue weighted by Gasteiger charge is 2.07. The third kappa shape index (κ3) is 6.34. The first-order valence-electron chi connectivity index (χ1n) is 6.72. The van der Waals surface area contributed by atoms with Crippen LogP contribution < -0.4 is 10.1 Å². The molecular formula is C15H23FN2O. The molecule has 1 aromatic heterocycles. The van der Waals surface area contributed by atoms with Crippen molar-refractivity contribution in [1.29, 1.82) is 0 Å². The number of nitrogens with zero attached hydrogens (tertiary/aromatic N) is 1. The average molecular weight is 266 g/mol. The Kier molecular flexibility index (Phi) is 7.11. The lowest BCUT2D eigenvalue weighted by molar-refractivity contribution is 0.295. The topological polar surface area (TPSA) is 34.1 Å². The Bertz CT molecular complexity index is 394. The summed E-state index contributed by atoms with van der Waals surface area (Å²) in [5, 5.41) is 3.27. The molecule has 0 aromatic carbocycles. The molecule has 19 heavy (non-hydrogen) atoms. The number of unbranched alkanes of at least 4 members (excludes halogenated alkanes) is 1. The van der Waals surface area contributed by atoms with E-state index in [4.69, 9.17) is 4.74 Å². The largest absolute Gasteiger partial charge is 0.477 e. The number of allylic oxidation sites excluding steroid dienone is 1. The molecule has 0 bridgehead atoms.